The molecule has 1 heterocycles. The lowest BCUT2D eigenvalue weighted by atomic mass is 10.0. The van der Waals surface area contributed by atoms with Gasteiger partial charge in [0.1, 0.15) is 5.60 Å². The largest absolute Gasteiger partial charge is 0.444 e. The van der Waals surface area contributed by atoms with Gasteiger partial charge < -0.3 is 10.5 Å². The molecule has 2 N–H and O–H groups in total. The van der Waals surface area contributed by atoms with Gasteiger partial charge in [-0.1, -0.05) is 12.1 Å². The predicted octanol–water partition coefficient (Wildman–Crippen LogP) is 2.85. The maximum atomic E-state index is 12.6. The van der Waals surface area contributed by atoms with Gasteiger partial charge in [0.05, 0.1) is 6.04 Å². The van der Waals surface area contributed by atoms with Gasteiger partial charge in [-0.25, -0.2) is 4.79 Å². The number of rotatable bonds is 2. The van der Waals surface area contributed by atoms with E-state index in [-0.39, 0.29) is 5.78 Å². The van der Waals surface area contributed by atoms with Crippen LogP contribution in [0.5, 0.6) is 0 Å². The number of para-hydroxylation sites is 1. The topological polar surface area (TPSA) is 72.6 Å². The molecule has 1 atom stereocenters. The Bertz CT molecular complexity index is 549. The Morgan fingerprint density at radius 2 is 1.95 bits per heavy atom. The number of benzene rings is 1. The molecule has 1 unspecified atom stereocenters. The van der Waals surface area contributed by atoms with Crippen LogP contribution in [0.25, 0.3) is 0 Å². The van der Waals surface area contributed by atoms with Crippen molar-refractivity contribution in [3.63, 3.8) is 0 Å². The molecule has 1 aliphatic heterocycles. The van der Waals surface area contributed by atoms with E-state index in [9.17, 15) is 9.59 Å². The van der Waals surface area contributed by atoms with E-state index in [2.05, 4.69) is 0 Å². The first-order valence-corrected chi connectivity index (χ1v) is 7.18. The maximum absolute atomic E-state index is 12.6. The Balaban J connectivity index is 2.17. The highest BCUT2D eigenvalue weighted by atomic mass is 16.6. The minimum atomic E-state index is -0.570. The fourth-order valence-corrected chi connectivity index (χ4v) is 2.48. The van der Waals surface area contributed by atoms with Crippen molar-refractivity contribution < 1.29 is 14.3 Å². The third kappa shape index (κ3) is 3.54. The number of nitrogens with two attached hydrogens (primary N) is 1. The van der Waals surface area contributed by atoms with Crippen LogP contribution in [0.15, 0.2) is 24.3 Å². The first kappa shape index (κ1) is 15.4. The van der Waals surface area contributed by atoms with Gasteiger partial charge in [0.25, 0.3) is 0 Å². The number of hydrogen-bond acceptors (Lipinski definition) is 4. The maximum Gasteiger partial charge on any atom is 0.410 e. The van der Waals surface area contributed by atoms with Gasteiger partial charge >= 0.3 is 6.09 Å². The van der Waals surface area contributed by atoms with Crippen LogP contribution in [-0.4, -0.2) is 35.0 Å². The van der Waals surface area contributed by atoms with Crippen molar-refractivity contribution in [2.24, 2.45) is 0 Å². The van der Waals surface area contributed by atoms with Crippen molar-refractivity contribution in [1.29, 1.82) is 0 Å². The van der Waals surface area contributed by atoms with Crippen LogP contribution >= 0.6 is 0 Å². The molecule has 114 valence electrons. The number of carbonyl (C=O) groups excluding carboxylic acids is 2. The molecule has 1 aromatic carbocycles. The van der Waals surface area contributed by atoms with Gasteiger partial charge in [0.15, 0.2) is 5.78 Å². The summed E-state index contributed by atoms with van der Waals surface area (Å²) in [6.45, 7) is 5.98. The molecule has 2 rings (SSSR count). The van der Waals surface area contributed by atoms with Crippen molar-refractivity contribution in [3.8, 4) is 0 Å². The lowest BCUT2D eigenvalue weighted by Gasteiger charge is -2.28. The summed E-state index contributed by atoms with van der Waals surface area (Å²) >= 11 is 0. The molecule has 0 bridgehead atoms. The zero-order chi connectivity index (χ0) is 15.6. The number of carbonyl (C=O) groups is 2. The summed E-state index contributed by atoms with van der Waals surface area (Å²) in [6.07, 6.45) is 1.00. The molecule has 0 aromatic heterocycles. The van der Waals surface area contributed by atoms with Crippen molar-refractivity contribution in [2.75, 3.05) is 12.3 Å². The summed E-state index contributed by atoms with van der Waals surface area (Å²) in [5, 5.41) is 0. The fraction of sp³-hybridized carbons (Fsp3) is 0.500. The summed E-state index contributed by atoms with van der Waals surface area (Å²) in [4.78, 5) is 26.3. The molecule has 0 spiro atoms. The quantitative estimate of drug-likeness (QED) is 0.671. The lowest BCUT2D eigenvalue weighted by Crippen LogP contribution is -2.43. The van der Waals surface area contributed by atoms with E-state index in [4.69, 9.17) is 10.5 Å². The van der Waals surface area contributed by atoms with E-state index < -0.39 is 17.7 Å². The number of anilines is 1. The van der Waals surface area contributed by atoms with Gasteiger partial charge in [0.2, 0.25) is 0 Å². The third-order valence-corrected chi connectivity index (χ3v) is 3.41. The van der Waals surface area contributed by atoms with Gasteiger partial charge in [-0.05, 0) is 45.7 Å². The van der Waals surface area contributed by atoms with Crippen molar-refractivity contribution >= 4 is 17.6 Å². The minimum Gasteiger partial charge on any atom is -0.444 e. The Hall–Kier alpha value is -2.04. The molecule has 0 saturated carbocycles. The Kier molecular flexibility index (Phi) is 4.21. The standard InChI is InChI=1S/C16H22N2O3/c1-16(2,3)21-15(20)18-10-6-9-13(18)14(19)11-7-4-5-8-12(11)17/h4-5,7-8,13H,6,9-10,17H2,1-3H3. The summed E-state index contributed by atoms with van der Waals surface area (Å²) in [5.74, 6) is -0.114. The average molecular weight is 290 g/mol. The zero-order valence-electron chi connectivity index (χ0n) is 12.8. The van der Waals surface area contributed by atoms with Crippen LogP contribution in [0.1, 0.15) is 44.0 Å². The monoisotopic (exact) mass is 290 g/mol. The molecule has 5 nitrogen and oxygen atoms in total. The van der Waals surface area contributed by atoms with E-state index >= 15 is 0 Å². The normalized spacial score (nSPS) is 18.6. The van der Waals surface area contributed by atoms with Crippen LogP contribution in [0.2, 0.25) is 0 Å². The molecule has 1 fully saturated rings. The van der Waals surface area contributed by atoms with Crippen LogP contribution in [-0.2, 0) is 4.74 Å². The van der Waals surface area contributed by atoms with Crippen molar-refractivity contribution in [1.82, 2.24) is 4.90 Å². The van der Waals surface area contributed by atoms with Crippen LogP contribution in [0.3, 0.4) is 0 Å². The van der Waals surface area contributed by atoms with E-state index in [1.807, 2.05) is 20.8 Å². The molecule has 0 aliphatic carbocycles. The Morgan fingerprint density at radius 1 is 1.29 bits per heavy atom. The number of nitrogens with zero attached hydrogens (tertiary/aromatic N) is 1. The molecule has 0 radical (unpaired) electrons. The molecule has 1 aromatic rings. The summed E-state index contributed by atoms with van der Waals surface area (Å²) in [6, 6.07) is 6.47. The number of Topliss-reactive ketones (excluding diaryl/α,β-unsaturated/α-hetero) is 1. The Morgan fingerprint density at radius 3 is 2.57 bits per heavy atom. The first-order valence-electron chi connectivity index (χ1n) is 7.18. The van der Waals surface area contributed by atoms with Gasteiger partial charge in [-0.3, -0.25) is 9.69 Å². The van der Waals surface area contributed by atoms with E-state index in [1.165, 1.54) is 4.90 Å². The van der Waals surface area contributed by atoms with Crippen LogP contribution in [0.4, 0.5) is 10.5 Å². The highest BCUT2D eigenvalue weighted by Crippen LogP contribution is 2.25. The highest BCUT2D eigenvalue weighted by molar-refractivity contribution is 6.05. The van der Waals surface area contributed by atoms with Gasteiger partial charge in [0, 0.05) is 17.8 Å². The van der Waals surface area contributed by atoms with Gasteiger partial charge in [-0.15, -0.1) is 0 Å². The average Bonchev–Trinajstić information content (AvgIpc) is 2.85. The molecular formula is C16H22N2O3. The van der Waals surface area contributed by atoms with Gasteiger partial charge in [-0.2, -0.15) is 0 Å². The first-order chi connectivity index (χ1) is 9.79. The molecule has 1 saturated heterocycles. The second-order valence-corrected chi connectivity index (χ2v) is 6.28. The van der Waals surface area contributed by atoms with Crippen LogP contribution in [0, 0.1) is 0 Å². The zero-order valence-corrected chi connectivity index (χ0v) is 12.8. The summed E-state index contributed by atoms with van der Waals surface area (Å²) in [5.41, 5.74) is 6.20. The third-order valence-electron chi connectivity index (χ3n) is 3.41. The molecule has 1 aliphatic rings. The second-order valence-electron chi connectivity index (χ2n) is 6.28. The second kappa shape index (κ2) is 5.76. The number of likely N-dealkylation sites (tertiary alicyclic amines) is 1. The lowest BCUT2D eigenvalue weighted by molar-refractivity contribution is 0.0222. The molecule has 5 heteroatoms. The number of hydrogen-bond donors (Lipinski definition) is 1. The summed E-state index contributed by atoms with van der Waals surface area (Å²) in [7, 11) is 0. The number of ether oxygens (including phenoxy) is 1. The fourth-order valence-electron chi connectivity index (χ4n) is 2.48. The van der Waals surface area contributed by atoms with E-state index in [1.54, 1.807) is 24.3 Å². The molecule has 1 amide bonds. The minimum absolute atomic E-state index is 0.114. The molecule has 21 heavy (non-hydrogen) atoms. The number of amides is 1. The number of ketones is 1. The Labute approximate surface area is 125 Å². The molecular weight excluding hydrogens is 268 g/mol. The van der Waals surface area contributed by atoms with E-state index in [0.717, 1.165) is 6.42 Å². The smallest absolute Gasteiger partial charge is 0.410 e. The SMILES string of the molecule is CC(C)(C)OC(=O)N1CCCC1C(=O)c1ccccc1N. The van der Waals surface area contributed by atoms with E-state index in [0.29, 0.717) is 24.2 Å². The van der Waals surface area contributed by atoms with Crippen LogP contribution < -0.4 is 5.73 Å². The van der Waals surface area contributed by atoms with Crippen molar-refractivity contribution in [2.45, 2.75) is 45.3 Å². The predicted molar refractivity (Wildman–Crippen MR) is 81.1 cm³/mol. The van der Waals surface area contributed by atoms with Crippen molar-refractivity contribution in [3.05, 3.63) is 29.8 Å². The summed E-state index contributed by atoms with van der Waals surface area (Å²) < 4.78 is 5.37. The number of nitrogen functional groups attached to an aromatic ring is 1. The highest BCUT2D eigenvalue weighted by Gasteiger charge is 2.37.